The highest BCUT2D eigenvalue weighted by molar-refractivity contribution is 5.87. The molecule has 0 aromatic carbocycles. The summed E-state index contributed by atoms with van der Waals surface area (Å²) in [5.74, 6) is -0.0872. The molecule has 7 heteroatoms. The lowest BCUT2D eigenvalue weighted by atomic mass is 10.2. The number of piperazine rings is 1. The van der Waals surface area contributed by atoms with Crippen molar-refractivity contribution in [3.8, 4) is 0 Å². The molecule has 22 heavy (non-hydrogen) atoms. The van der Waals surface area contributed by atoms with Gasteiger partial charge >= 0.3 is 5.97 Å². The van der Waals surface area contributed by atoms with Gasteiger partial charge in [0.2, 0.25) is 0 Å². The molecule has 2 N–H and O–H groups in total. The first-order valence-corrected chi connectivity index (χ1v) is 7.10. The Morgan fingerprint density at radius 2 is 2.00 bits per heavy atom. The van der Waals surface area contributed by atoms with Crippen LogP contribution in [0.15, 0.2) is 18.3 Å². The summed E-state index contributed by atoms with van der Waals surface area (Å²) >= 11 is 0. The number of carboxylic acids is 1. The van der Waals surface area contributed by atoms with Gasteiger partial charge in [-0.1, -0.05) is 0 Å². The molecule has 122 valence electrons. The lowest BCUT2D eigenvalue weighted by Gasteiger charge is -2.28. The molecular formula is C15H23N3O4. The minimum atomic E-state index is -0.936. The maximum absolute atomic E-state index is 10.6. The van der Waals surface area contributed by atoms with Crippen LogP contribution in [0.25, 0.3) is 0 Å². The molecule has 7 nitrogen and oxygen atoms in total. The van der Waals surface area contributed by atoms with Crippen LogP contribution in [0.4, 0.5) is 5.82 Å². The minimum Gasteiger partial charge on any atom is -0.478 e. The Labute approximate surface area is 130 Å². The van der Waals surface area contributed by atoms with Gasteiger partial charge in [0, 0.05) is 32.4 Å². The molecule has 0 bridgehead atoms. The van der Waals surface area contributed by atoms with Crippen molar-refractivity contribution < 1.29 is 19.4 Å². The van der Waals surface area contributed by atoms with E-state index in [0.29, 0.717) is 6.47 Å². The monoisotopic (exact) mass is 309 g/mol. The fraction of sp³-hybridized carbons (Fsp3) is 0.533. The van der Waals surface area contributed by atoms with Crippen LogP contribution in [-0.4, -0.2) is 54.3 Å². The number of ether oxygens (including phenoxy) is 1. The summed E-state index contributed by atoms with van der Waals surface area (Å²) in [6, 6.07) is 3.35. The highest BCUT2D eigenvalue weighted by atomic mass is 16.5. The smallest absolute Gasteiger partial charge is 0.337 e. The molecule has 0 aliphatic carbocycles. The van der Waals surface area contributed by atoms with Gasteiger partial charge in [0.15, 0.2) is 0 Å². The van der Waals surface area contributed by atoms with E-state index in [-0.39, 0.29) is 11.2 Å². The number of carboxylic acid groups (broad SMARTS) is 1. The Morgan fingerprint density at radius 1 is 1.36 bits per heavy atom. The van der Waals surface area contributed by atoms with E-state index >= 15 is 0 Å². The summed E-state index contributed by atoms with van der Waals surface area (Å²) < 4.78 is 4.55. The number of hydrogen-bond donors (Lipinski definition) is 2. The van der Waals surface area contributed by atoms with Crippen LogP contribution >= 0.6 is 0 Å². The van der Waals surface area contributed by atoms with Crippen molar-refractivity contribution in [3.05, 3.63) is 23.9 Å². The molecule has 1 fully saturated rings. The number of hydrogen-bond acceptors (Lipinski definition) is 6. The normalized spacial score (nSPS) is 14.6. The van der Waals surface area contributed by atoms with Crippen LogP contribution in [0.5, 0.6) is 0 Å². The van der Waals surface area contributed by atoms with Gasteiger partial charge in [-0.2, -0.15) is 0 Å². The summed E-state index contributed by atoms with van der Waals surface area (Å²) in [4.78, 5) is 26.5. The Balaban J connectivity index is 0.000000295. The number of rotatable bonds is 3. The number of aromatic nitrogens is 1. The van der Waals surface area contributed by atoms with Crippen molar-refractivity contribution in [3.63, 3.8) is 0 Å². The van der Waals surface area contributed by atoms with E-state index in [2.05, 4.69) is 19.9 Å². The number of nitrogens with one attached hydrogen (secondary N) is 1. The zero-order chi connectivity index (χ0) is 16.6. The predicted octanol–water partition coefficient (Wildman–Crippen LogP) is 1.15. The maximum atomic E-state index is 10.6. The third-order valence-electron chi connectivity index (χ3n) is 2.84. The summed E-state index contributed by atoms with van der Waals surface area (Å²) in [5.41, 5.74) is -0.0873. The molecule has 0 amide bonds. The third kappa shape index (κ3) is 6.53. The second kappa shape index (κ2) is 8.33. The quantitative estimate of drug-likeness (QED) is 0.809. The van der Waals surface area contributed by atoms with Crippen LogP contribution in [0, 0.1) is 0 Å². The van der Waals surface area contributed by atoms with Gasteiger partial charge in [0.1, 0.15) is 11.4 Å². The van der Waals surface area contributed by atoms with Crippen molar-refractivity contribution >= 4 is 18.3 Å². The second-order valence-electron chi connectivity index (χ2n) is 5.77. The lowest BCUT2D eigenvalue weighted by molar-refractivity contribution is -0.138. The first kappa shape index (κ1) is 17.9. The molecule has 0 spiro atoms. The van der Waals surface area contributed by atoms with Gasteiger partial charge < -0.3 is 20.1 Å². The summed E-state index contributed by atoms with van der Waals surface area (Å²) in [7, 11) is 0. The summed E-state index contributed by atoms with van der Waals surface area (Å²) in [6.07, 6.45) is 1.40. The van der Waals surface area contributed by atoms with Gasteiger partial charge in [0.25, 0.3) is 6.47 Å². The molecule has 1 aromatic heterocycles. The number of nitrogens with zero attached hydrogens (tertiary/aromatic N) is 2. The van der Waals surface area contributed by atoms with Crippen molar-refractivity contribution in [1.82, 2.24) is 10.3 Å². The van der Waals surface area contributed by atoms with Gasteiger partial charge in [-0.05, 0) is 32.9 Å². The topological polar surface area (TPSA) is 91.8 Å². The Morgan fingerprint density at radius 3 is 2.36 bits per heavy atom. The van der Waals surface area contributed by atoms with Gasteiger partial charge in [-0.25, -0.2) is 9.78 Å². The largest absolute Gasteiger partial charge is 0.478 e. The second-order valence-corrected chi connectivity index (χ2v) is 5.77. The van der Waals surface area contributed by atoms with E-state index in [9.17, 15) is 9.59 Å². The highest BCUT2D eigenvalue weighted by Gasteiger charge is 2.12. The van der Waals surface area contributed by atoms with E-state index < -0.39 is 5.97 Å². The minimum absolute atomic E-state index is 0.230. The third-order valence-corrected chi connectivity index (χ3v) is 2.84. The first-order valence-electron chi connectivity index (χ1n) is 7.10. The van der Waals surface area contributed by atoms with Gasteiger partial charge in [-0.15, -0.1) is 0 Å². The van der Waals surface area contributed by atoms with Gasteiger partial charge in [-0.3, -0.25) is 4.79 Å². The van der Waals surface area contributed by atoms with Crippen LogP contribution in [0.2, 0.25) is 0 Å². The Hall–Kier alpha value is -2.15. The fourth-order valence-corrected chi connectivity index (χ4v) is 1.74. The van der Waals surface area contributed by atoms with Crippen LogP contribution in [0.3, 0.4) is 0 Å². The summed E-state index contributed by atoms with van der Waals surface area (Å²) in [5, 5.41) is 12.0. The van der Waals surface area contributed by atoms with Crippen molar-refractivity contribution in [2.75, 3.05) is 31.1 Å². The molecule has 0 unspecified atom stereocenters. The maximum Gasteiger partial charge on any atom is 0.337 e. The van der Waals surface area contributed by atoms with E-state index in [1.54, 1.807) is 12.1 Å². The molecule has 0 radical (unpaired) electrons. The SMILES string of the molecule is CC(C)(C)OC=O.O=C(O)c1ccc(N2CCNCC2)nc1. The number of aromatic carboxylic acids is 1. The van der Waals surface area contributed by atoms with E-state index in [4.69, 9.17) is 5.11 Å². The fourth-order valence-electron chi connectivity index (χ4n) is 1.74. The average molecular weight is 309 g/mol. The van der Waals surface area contributed by atoms with Crippen molar-refractivity contribution in [1.29, 1.82) is 0 Å². The molecule has 1 saturated heterocycles. The Kier molecular flexibility index (Phi) is 6.78. The number of pyridine rings is 1. The van der Waals surface area contributed by atoms with Gasteiger partial charge in [0.05, 0.1) is 5.56 Å². The first-order chi connectivity index (χ1) is 10.3. The molecule has 2 heterocycles. The van der Waals surface area contributed by atoms with Crippen LogP contribution in [-0.2, 0) is 9.53 Å². The predicted molar refractivity (Wildman–Crippen MR) is 83.2 cm³/mol. The number of anilines is 1. The zero-order valence-electron chi connectivity index (χ0n) is 13.2. The van der Waals surface area contributed by atoms with Crippen LogP contribution < -0.4 is 10.2 Å². The van der Waals surface area contributed by atoms with Crippen molar-refractivity contribution in [2.24, 2.45) is 0 Å². The molecule has 1 aliphatic rings. The average Bonchev–Trinajstić information content (AvgIpc) is 2.48. The number of carbonyl (C=O) groups is 2. The van der Waals surface area contributed by atoms with E-state index in [0.717, 1.165) is 32.0 Å². The molecule has 1 aromatic rings. The molecule has 2 rings (SSSR count). The van der Waals surface area contributed by atoms with E-state index in [1.165, 1.54) is 6.20 Å². The molecule has 0 atom stereocenters. The highest BCUT2D eigenvalue weighted by Crippen LogP contribution is 2.11. The molecular weight excluding hydrogens is 286 g/mol. The standard InChI is InChI=1S/C10H13N3O2.C5H10O2/c14-10(15)8-1-2-9(12-7-8)13-5-3-11-4-6-13;1-5(2,3)7-4-6/h1-2,7,11H,3-6H2,(H,14,15);4H,1-3H3. The summed E-state index contributed by atoms with van der Waals surface area (Å²) in [6.45, 7) is 9.65. The molecule has 1 aliphatic heterocycles. The van der Waals surface area contributed by atoms with Crippen molar-refractivity contribution in [2.45, 2.75) is 26.4 Å². The zero-order valence-corrected chi connectivity index (χ0v) is 13.2. The molecule has 0 saturated carbocycles. The number of carbonyl (C=O) groups excluding carboxylic acids is 1. The van der Waals surface area contributed by atoms with Crippen LogP contribution in [0.1, 0.15) is 31.1 Å². The Bertz CT molecular complexity index is 477. The lowest BCUT2D eigenvalue weighted by Crippen LogP contribution is -2.43. The van der Waals surface area contributed by atoms with E-state index in [1.807, 2.05) is 20.8 Å².